The second-order valence-electron chi connectivity index (χ2n) is 7.65. The molecule has 178 valence electrons. The SMILES string of the molecule is O=C(O)c1ccc(CCNC(=O)c2nc3ccccc3n(-c3cccc(C(F)(F)F)c3)c2=O)cc1. The van der Waals surface area contributed by atoms with Crippen molar-refractivity contribution in [2.45, 2.75) is 12.6 Å². The van der Waals surface area contributed by atoms with Crippen molar-refractivity contribution >= 4 is 22.9 Å². The summed E-state index contributed by atoms with van der Waals surface area (Å²) < 4.78 is 40.8. The van der Waals surface area contributed by atoms with Gasteiger partial charge in [0.1, 0.15) is 0 Å². The highest BCUT2D eigenvalue weighted by molar-refractivity contribution is 5.94. The number of para-hydroxylation sites is 2. The van der Waals surface area contributed by atoms with Crippen molar-refractivity contribution in [3.8, 4) is 5.69 Å². The molecule has 10 heteroatoms. The number of fused-ring (bicyclic) bond motifs is 1. The summed E-state index contributed by atoms with van der Waals surface area (Å²) in [6, 6.07) is 16.7. The van der Waals surface area contributed by atoms with Crippen molar-refractivity contribution in [3.05, 3.63) is 106 Å². The summed E-state index contributed by atoms with van der Waals surface area (Å²) in [4.78, 5) is 41.1. The van der Waals surface area contributed by atoms with Crippen LogP contribution in [0.4, 0.5) is 13.2 Å². The minimum absolute atomic E-state index is 0.0454. The van der Waals surface area contributed by atoms with E-state index in [4.69, 9.17) is 5.11 Å². The summed E-state index contributed by atoms with van der Waals surface area (Å²) in [6.07, 6.45) is -4.24. The zero-order chi connectivity index (χ0) is 25.2. The van der Waals surface area contributed by atoms with Crippen LogP contribution in [0.15, 0.2) is 77.6 Å². The fourth-order valence-electron chi connectivity index (χ4n) is 3.58. The van der Waals surface area contributed by atoms with Gasteiger partial charge >= 0.3 is 12.1 Å². The van der Waals surface area contributed by atoms with Crippen molar-refractivity contribution in [1.29, 1.82) is 0 Å². The van der Waals surface area contributed by atoms with Gasteiger partial charge in [0.25, 0.3) is 11.5 Å². The van der Waals surface area contributed by atoms with Crippen molar-refractivity contribution in [1.82, 2.24) is 14.9 Å². The normalized spacial score (nSPS) is 11.4. The second-order valence-corrected chi connectivity index (χ2v) is 7.65. The van der Waals surface area contributed by atoms with Crippen LogP contribution in [0.1, 0.15) is 32.0 Å². The molecule has 0 aliphatic carbocycles. The van der Waals surface area contributed by atoms with Crippen LogP contribution in [0.5, 0.6) is 0 Å². The van der Waals surface area contributed by atoms with Crippen molar-refractivity contribution < 1.29 is 27.9 Å². The fraction of sp³-hybridized carbons (Fsp3) is 0.120. The Kier molecular flexibility index (Phi) is 6.37. The van der Waals surface area contributed by atoms with Gasteiger partial charge < -0.3 is 10.4 Å². The van der Waals surface area contributed by atoms with E-state index < -0.39 is 34.9 Å². The molecule has 0 spiro atoms. The van der Waals surface area contributed by atoms with Crippen LogP contribution in [-0.2, 0) is 12.6 Å². The van der Waals surface area contributed by atoms with Gasteiger partial charge in [-0.05, 0) is 54.4 Å². The van der Waals surface area contributed by atoms with E-state index in [1.54, 1.807) is 30.3 Å². The second kappa shape index (κ2) is 9.41. The number of aromatic carboxylic acids is 1. The number of carboxylic acid groups (broad SMARTS) is 1. The number of alkyl halides is 3. The van der Waals surface area contributed by atoms with Gasteiger partial charge in [-0.15, -0.1) is 0 Å². The predicted molar refractivity (Wildman–Crippen MR) is 122 cm³/mol. The van der Waals surface area contributed by atoms with Gasteiger partial charge in [0.2, 0.25) is 0 Å². The molecular formula is C25H18F3N3O4. The molecule has 2 N–H and O–H groups in total. The summed E-state index contributed by atoms with van der Waals surface area (Å²) in [7, 11) is 0. The summed E-state index contributed by atoms with van der Waals surface area (Å²) in [5.74, 6) is -1.83. The molecule has 35 heavy (non-hydrogen) atoms. The smallest absolute Gasteiger partial charge is 0.416 e. The van der Waals surface area contributed by atoms with Crippen LogP contribution >= 0.6 is 0 Å². The molecule has 1 aromatic heterocycles. The number of hydrogen-bond acceptors (Lipinski definition) is 4. The van der Waals surface area contributed by atoms with E-state index in [9.17, 15) is 27.6 Å². The number of halogens is 3. The van der Waals surface area contributed by atoms with E-state index in [1.807, 2.05) is 0 Å². The molecule has 1 amide bonds. The standard InChI is InChI=1S/C25H18F3N3O4/c26-25(27,28)17-4-3-5-18(14-17)31-20-7-2-1-6-19(20)30-21(23(31)33)22(32)29-13-12-15-8-10-16(11-9-15)24(34)35/h1-11,14H,12-13H2,(H,29,32)(H,34,35). The molecular weight excluding hydrogens is 463 g/mol. The number of rotatable bonds is 6. The van der Waals surface area contributed by atoms with Gasteiger partial charge in [0.15, 0.2) is 5.69 Å². The number of hydrogen-bond donors (Lipinski definition) is 2. The molecule has 4 aromatic rings. The van der Waals surface area contributed by atoms with Crippen LogP contribution in [0.3, 0.4) is 0 Å². The Bertz CT molecular complexity index is 1480. The third-order valence-corrected chi connectivity index (χ3v) is 5.31. The molecule has 0 aliphatic rings. The van der Waals surface area contributed by atoms with Crippen LogP contribution in [-0.4, -0.2) is 33.1 Å². The molecule has 0 radical (unpaired) electrons. The Morgan fingerprint density at radius 2 is 1.69 bits per heavy atom. The van der Waals surface area contributed by atoms with Crippen LogP contribution in [0, 0.1) is 0 Å². The number of carboxylic acids is 1. The number of carbonyl (C=O) groups excluding carboxylic acids is 1. The van der Waals surface area contributed by atoms with E-state index in [0.29, 0.717) is 6.42 Å². The lowest BCUT2D eigenvalue weighted by Gasteiger charge is -2.14. The highest BCUT2D eigenvalue weighted by Crippen LogP contribution is 2.30. The lowest BCUT2D eigenvalue weighted by atomic mass is 10.1. The van der Waals surface area contributed by atoms with E-state index in [0.717, 1.165) is 22.3 Å². The largest absolute Gasteiger partial charge is 0.478 e. The summed E-state index contributed by atoms with van der Waals surface area (Å²) in [5, 5.41) is 11.6. The lowest BCUT2D eigenvalue weighted by Crippen LogP contribution is -2.35. The van der Waals surface area contributed by atoms with Gasteiger partial charge in [-0.1, -0.05) is 30.3 Å². The Hall–Kier alpha value is -4.47. The average molecular weight is 481 g/mol. The van der Waals surface area contributed by atoms with Crippen molar-refractivity contribution in [2.24, 2.45) is 0 Å². The summed E-state index contributed by atoms with van der Waals surface area (Å²) in [5.41, 5.74) is -0.866. The summed E-state index contributed by atoms with van der Waals surface area (Å²) >= 11 is 0. The summed E-state index contributed by atoms with van der Waals surface area (Å²) in [6.45, 7) is 0.128. The average Bonchev–Trinajstić information content (AvgIpc) is 2.83. The first-order valence-corrected chi connectivity index (χ1v) is 10.4. The first-order valence-electron chi connectivity index (χ1n) is 10.4. The van der Waals surface area contributed by atoms with Crippen molar-refractivity contribution in [2.75, 3.05) is 6.54 Å². The predicted octanol–water partition coefficient (Wildman–Crippen LogP) is 4.08. The van der Waals surface area contributed by atoms with Gasteiger partial charge in [0, 0.05) is 12.2 Å². The van der Waals surface area contributed by atoms with Crippen LogP contribution in [0.25, 0.3) is 16.7 Å². The molecule has 4 rings (SSSR count). The molecule has 0 bridgehead atoms. The quantitative estimate of drug-likeness (QED) is 0.432. The van der Waals surface area contributed by atoms with Gasteiger partial charge in [-0.3, -0.25) is 14.2 Å². The van der Waals surface area contributed by atoms with Gasteiger partial charge in [0.05, 0.1) is 22.2 Å². The number of amides is 1. The number of aromatic nitrogens is 2. The monoisotopic (exact) mass is 481 g/mol. The molecule has 0 fully saturated rings. The lowest BCUT2D eigenvalue weighted by molar-refractivity contribution is -0.137. The molecule has 7 nitrogen and oxygen atoms in total. The molecule has 0 saturated carbocycles. The fourth-order valence-corrected chi connectivity index (χ4v) is 3.58. The Morgan fingerprint density at radius 3 is 2.37 bits per heavy atom. The number of benzene rings is 3. The molecule has 3 aromatic carbocycles. The zero-order valence-electron chi connectivity index (χ0n) is 18.0. The number of nitrogens with one attached hydrogen (secondary N) is 1. The maximum atomic E-state index is 13.3. The topological polar surface area (TPSA) is 101 Å². The first kappa shape index (κ1) is 23.7. The molecule has 0 aliphatic heterocycles. The maximum absolute atomic E-state index is 13.3. The number of carbonyl (C=O) groups is 2. The van der Waals surface area contributed by atoms with Gasteiger partial charge in [-0.2, -0.15) is 13.2 Å². The van der Waals surface area contributed by atoms with Crippen molar-refractivity contribution in [3.63, 3.8) is 0 Å². The number of nitrogens with zero attached hydrogens (tertiary/aromatic N) is 2. The molecule has 0 unspecified atom stereocenters. The van der Waals surface area contributed by atoms with E-state index >= 15 is 0 Å². The molecule has 1 heterocycles. The van der Waals surface area contributed by atoms with Crippen LogP contribution < -0.4 is 10.9 Å². The molecule has 0 atom stereocenters. The minimum atomic E-state index is -4.61. The third kappa shape index (κ3) is 5.06. The Balaban J connectivity index is 1.65. The highest BCUT2D eigenvalue weighted by Gasteiger charge is 2.31. The Labute approximate surface area is 196 Å². The first-order chi connectivity index (χ1) is 16.6. The zero-order valence-corrected chi connectivity index (χ0v) is 18.0. The molecule has 0 saturated heterocycles. The van der Waals surface area contributed by atoms with E-state index in [2.05, 4.69) is 10.3 Å². The van der Waals surface area contributed by atoms with E-state index in [-0.39, 0.29) is 28.8 Å². The third-order valence-electron chi connectivity index (χ3n) is 5.31. The minimum Gasteiger partial charge on any atom is -0.478 e. The van der Waals surface area contributed by atoms with Crippen LogP contribution in [0.2, 0.25) is 0 Å². The highest BCUT2D eigenvalue weighted by atomic mass is 19.4. The van der Waals surface area contributed by atoms with E-state index in [1.165, 1.54) is 30.3 Å². The van der Waals surface area contributed by atoms with Gasteiger partial charge in [-0.25, -0.2) is 9.78 Å². The Morgan fingerprint density at radius 1 is 0.971 bits per heavy atom. The maximum Gasteiger partial charge on any atom is 0.416 e.